The van der Waals surface area contributed by atoms with Gasteiger partial charge in [0, 0.05) is 26.6 Å². The molecule has 0 saturated heterocycles. The number of nitrogens with zero attached hydrogens (tertiary/aromatic N) is 2. The summed E-state index contributed by atoms with van der Waals surface area (Å²) in [6.45, 7) is 16.3. The Morgan fingerprint density at radius 2 is 1.33 bits per heavy atom. The lowest BCUT2D eigenvalue weighted by Crippen LogP contribution is -2.67. The summed E-state index contributed by atoms with van der Waals surface area (Å²) in [5.74, 6) is 0.310. The van der Waals surface area contributed by atoms with Gasteiger partial charge in [-0.25, -0.2) is 4.79 Å². The minimum atomic E-state index is -2.79. The van der Waals surface area contributed by atoms with Crippen LogP contribution in [-0.2, 0) is 14.0 Å². The molecule has 3 atom stereocenters. The zero-order chi connectivity index (χ0) is 31.3. The Morgan fingerprint density at radius 1 is 0.810 bits per heavy atom. The number of hydrogen-bond donors (Lipinski definition) is 0. The Hall–Kier alpha value is -3.36. The van der Waals surface area contributed by atoms with Crippen LogP contribution in [0.3, 0.4) is 0 Å². The number of carbonyl (C=O) groups excluding carboxylic acids is 2. The number of hydrogen-bond acceptors (Lipinski definition) is 5. The fourth-order valence-electron chi connectivity index (χ4n) is 5.51. The van der Waals surface area contributed by atoms with E-state index >= 15 is 0 Å². The molecule has 0 N–H and O–H groups in total. The van der Waals surface area contributed by atoms with Crippen molar-refractivity contribution in [1.82, 2.24) is 9.80 Å². The highest BCUT2D eigenvalue weighted by Crippen LogP contribution is 2.38. The standard InChI is InChI=1S/C34H48N2O5Si/c1-25(24-40-42(34(6,7)8,27-18-13-11-14-19-27)28-20-15-12-16-21-28)30(29-22-17-23-39-29)36(10)31(37)26(2)35(9)32(38)41-33(3,4)5/h11-23,25-26,30H,24H2,1-10H3/t25-,26-,30+/m1/s1. The summed E-state index contributed by atoms with van der Waals surface area (Å²) in [6.07, 6.45) is 1.07. The third-order valence-electron chi connectivity index (χ3n) is 7.74. The SMILES string of the molecule is C[C@H](CO[Si](c1ccccc1)(c1ccccc1)C(C)(C)C)[C@@H](c1ccco1)N(C)C(=O)[C@@H](C)N(C)C(=O)OC(C)(C)C. The van der Waals surface area contributed by atoms with Gasteiger partial charge in [-0.3, -0.25) is 9.69 Å². The van der Waals surface area contributed by atoms with Gasteiger partial charge in [-0.15, -0.1) is 0 Å². The van der Waals surface area contributed by atoms with Gasteiger partial charge in [-0.2, -0.15) is 0 Å². The lowest BCUT2D eigenvalue weighted by atomic mass is 9.98. The van der Waals surface area contributed by atoms with Gasteiger partial charge in [0.25, 0.3) is 8.32 Å². The van der Waals surface area contributed by atoms with Gasteiger partial charge < -0.3 is 18.5 Å². The van der Waals surface area contributed by atoms with Crippen LogP contribution in [0.2, 0.25) is 5.04 Å². The molecule has 2 aromatic carbocycles. The number of amides is 2. The highest BCUT2D eigenvalue weighted by molar-refractivity contribution is 6.99. The zero-order valence-corrected chi connectivity index (χ0v) is 27.9. The van der Waals surface area contributed by atoms with Crippen LogP contribution in [-0.4, -0.2) is 62.5 Å². The van der Waals surface area contributed by atoms with Gasteiger partial charge in [-0.05, 0) is 55.2 Å². The predicted molar refractivity (Wildman–Crippen MR) is 170 cm³/mol. The van der Waals surface area contributed by atoms with Crippen LogP contribution in [0.15, 0.2) is 83.5 Å². The van der Waals surface area contributed by atoms with Crippen molar-refractivity contribution in [2.75, 3.05) is 20.7 Å². The van der Waals surface area contributed by atoms with Gasteiger partial charge in [0.2, 0.25) is 5.91 Å². The van der Waals surface area contributed by atoms with Crippen LogP contribution in [0, 0.1) is 5.92 Å². The summed E-state index contributed by atoms with van der Waals surface area (Å²) in [5, 5.41) is 2.21. The molecule has 0 unspecified atom stereocenters. The Morgan fingerprint density at radius 3 is 1.76 bits per heavy atom. The summed E-state index contributed by atoms with van der Waals surface area (Å²) in [4.78, 5) is 29.5. The van der Waals surface area contributed by atoms with Crippen molar-refractivity contribution < 1.29 is 23.2 Å². The lowest BCUT2D eigenvalue weighted by molar-refractivity contribution is -0.138. The number of likely N-dealkylation sites (N-methyl/N-ethyl adjacent to an activating group) is 2. The Bertz CT molecular complexity index is 1240. The van der Waals surface area contributed by atoms with Gasteiger partial charge >= 0.3 is 6.09 Å². The van der Waals surface area contributed by atoms with E-state index in [1.54, 1.807) is 53.0 Å². The van der Waals surface area contributed by atoms with Crippen molar-refractivity contribution in [3.63, 3.8) is 0 Å². The van der Waals surface area contributed by atoms with Crippen molar-refractivity contribution >= 4 is 30.7 Å². The maximum atomic E-state index is 13.8. The summed E-state index contributed by atoms with van der Waals surface area (Å²) in [5.41, 5.74) is -0.663. The fourth-order valence-corrected chi connectivity index (χ4v) is 10.2. The van der Waals surface area contributed by atoms with Crippen LogP contribution in [0.5, 0.6) is 0 Å². The molecule has 8 heteroatoms. The lowest BCUT2D eigenvalue weighted by Gasteiger charge is -2.44. The first kappa shape index (κ1) is 33.1. The Labute approximate surface area is 252 Å². The first-order valence-corrected chi connectivity index (χ1v) is 16.5. The molecule has 0 saturated carbocycles. The first-order valence-electron chi connectivity index (χ1n) is 14.6. The largest absolute Gasteiger partial charge is 0.467 e. The molecule has 3 rings (SSSR count). The van der Waals surface area contributed by atoms with E-state index in [2.05, 4.69) is 76.2 Å². The van der Waals surface area contributed by atoms with Crippen LogP contribution in [0.25, 0.3) is 0 Å². The second kappa shape index (κ2) is 13.3. The van der Waals surface area contributed by atoms with Crippen LogP contribution in [0.1, 0.15) is 67.2 Å². The first-order chi connectivity index (χ1) is 19.6. The number of carbonyl (C=O) groups is 2. The monoisotopic (exact) mass is 592 g/mol. The molecule has 0 bridgehead atoms. The molecule has 0 spiro atoms. The molecular formula is C34H48N2O5Si. The average Bonchev–Trinajstić information content (AvgIpc) is 3.46. The molecule has 0 fully saturated rings. The molecule has 2 amide bonds. The highest BCUT2D eigenvalue weighted by atomic mass is 28.4. The predicted octanol–water partition coefficient (Wildman–Crippen LogP) is 6.25. The third-order valence-corrected chi connectivity index (χ3v) is 12.7. The van der Waals surface area contributed by atoms with Gasteiger partial charge in [0.15, 0.2) is 0 Å². The van der Waals surface area contributed by atoms with Gasteiger partial charge in [0.05, 0.1) is 12.3 Å². The molecule has 0 aliphatic rings. The van der Waals surface area contributed by atoms with Gasteiger partial charge in [-0.1, -0.05) is 88.4 Å². The van der Waals surface area contributed by atoms with E-state index in [0.717, 1.165) is 0 Å². The molecule has 7 nitrogen and oxygen atoms in total. The Balaban J connectivity index is 1.95. The maximum Gasteiger partial charge on any atom is 0.410 e. The summed E-state index contributed by atoms with van der Waals surface area (Å²) < 4.78 is 18.6. The topological polar surface area (TPSA) is 72.2 Å². The molecule has 1 heterocycles. The van der Waals surface area contributed by atoms with Crippen molar-refractivity contribution in [2.24, 2.45) is 5.92 Å². The molecule has 228 valence electrons. The summed E-state index contributed by atoms with van der Waals surface area (Å²) >= 11 is 0. The van der Waals surface area contributed by atoms with E-state index in [9.17, 15) is 9.59 Å². The van der Waals surface area contributed by atoms with Gasteiger partial charge in [0.1, 0.15) is 17.4 Å². The van der Waals surface area contributed by atoms with E-state index in [-0.39, 0.29) is 16.9 Å². The molecule has 3 aromatic rings. The van der Waals surface area contributed by atoms with Crippen LogP contribution < -0.4 is 10.4 Å². The second-order valence-corrected chi connectivity index (χ2v) is 17.4. The molecule has 0 aliphatic carbocycles. The summed E-state index contributed by atoms with van der Waals surface area (Å²) in [7, 11) is 0.558. The number of rotatable bonds is 10. The minimum Gasteiger partial charge on any atom is -0.467 e. The molecule has 42 heavy (non-hydrogen) atoms. The van der Waals surface area contributed by atoms with Crippen molar-refractivity contribution in [2.45, 2.75) is 78.1 Å². The van der Waals surface area contributed by atoms with Crippen molar-refractivity contribution in [1.29, 1.82) is 0 Å². The van der Waals surface area contributed by atoms with E-state index in [0.29, 0.717) is 12.4 Å². The maximum absolute atomic E-state index is 13.8. The van der Waals surface area contributed by atoms with Crippen molar-refractivity contribution in [3.8, 4) is 0 Å². The quantitative estimate of drug-likeness (QED) is 0.260. The van der Waals surface area contributed by atoms with E-state index in [1.165, 1.54) is 15.3 Å². The second-order valence-electron chi connectivity index (χ2n) is 13.1. The normalized spacial score (nSPS) is 14.5. The fraction of sp³-hybridized carbons (Fsp3) is 0.471. The molecular weight excluding hydrogens is 544 g/mol. The minimum absolute atomic E-state index is 0.134. The number of ether oxygens (including phenoxy) is 1. The highest BCUT2D eigenvalue weighted by Gasteiger charge is 2.50. The van der Waals surface area contributed by atoms with E-state index in [1.807, 2.05) is 24.3 Å². The average molecular weight is 593 g/mol. The van der Waals surface area contributed by atoms with Crippen LogP contribution >= 0.6 is 0 Å². The molecule has 0 radical (unpaired) electrons. The Kier molecular flexibility index (Phi) is 10.5. The van der Waals surface area contributed by atoms with E-state index < -0.39 is 32.1 Å². The molecule has 0 aliphatic heterocycles. The zero-order valence-electron chi connectivity index (χ0n) is 26.9. The number of benzene rings is 2. The summed E-state index contributed by atoms with van der Waals surface area (Å²) in [6, 6.07) is 23.6. The number of furan rings is 1. The third kappa shape index (κ3) is 7.34. The van der Waals surface area contributed by atoms with E-state index in [4.69, 9.17) is 13.6 Å². The molecule has 1 aromatic heterocycles. The smallest absolute Gasteiger partial charge is 0.410 e. The van der Waals surface area contributed by atoms with Crippen LogP contribution in [0.4, 0.5) is 4.79 Å². The van der Waals surface area contributed by atoms with Crippen molar-refractivity contribution in [3.05, 3.63) is 84.8 Å².